The summed E-state index contributed by atoms with van der Waals surface area (Å²) in [6.07, 6.45) is -0.307. The molecule has 0 radical (unpaired) electrons. The normalized spacial score (nSPS) is 15.7. The van der Waals surface area contributed by atoms with E-state index in [2.05, 4.69) is 5.32 Å². The zero-order valence-electron chi connectivity index (χ0n) is 26.6. The van der Waals surface area contributed by atoms with E-state index in [1.165, 1.54) is 13.2 Å². The van der Waals surface area contributed by atoms with Gasteiger partial charge < -0.3 is 43.7 Å². The van der Waals surface area contributed by atoms with Crippen molar-refractivity contribution >= 4 is 29.6 Å². The second-order valence-electron chi connectivity index (χ2n) is 10.8. The number of benzene rings is 1. The van der Waals surface area contributed by atoms with E-state index >= 15 is 0 Å². The fraction of sp³-hybridized carbons (Fsp3) is 0.667. The standard InChI is InChI=1S/C30H45N5O11/c1-23(42-2)21-24-3-4-25(22-26(24)35(40)41)29(38)33-13-11-32(12-14-33)27(36)5-6-28(37)45-19-17-43-15-16-44-18-20-46-30(39)34-9-7-31-8-10-34/h3-4,22-23,31H,5-21H2,1-2H3. The van der Waals surface area contributed by atoms with E-state index in [1.807, 2.05) is 6.92 Å². The summed E-state index contributed by atoms with van der Waals surface area (Å²) in [4.78, 5) is 65.5. The Kier molecular flexibility index (Phi) is 15.6. The van der Waals surface area contributed by atoms with Gasteiger partial charge in [-0.05, 0) is 13.0 Å². The van der Waals surface area contributed by atoms with Crippen LogP contribution in [0.1, 0.15) is 35.7 Å². The number of hydrogen-bond donors (Lipinski definition) is 1. The van der Waals surface area contributed by atoms with Gasteiger partial charge in [-0.3, -0.25) is 24.5 Å². The average molecular weight is 652 g/mol. The minimum atomic E-state index is -0.516. The fourth-order valence-corrected chi connectivity index (χ4v) is 4.88. The third-order valence-electron chi connectivity index (χ3n) is 7.59. The molecule has 46 heavy (non-hydrogen) atoms. The smallest absolute Gasteiger partial charge is 0.409 e. The first-order valence-corrected chi connectivity index (χ1v) is 15.5. The highest BCUT2D eigenvalue weighted by atomic mass is 16.6. The van der Waals surface area contributed by atoms with Crippen molar-refractivity contribution in [3.05, 3.63) is 39.4 Å². The lowest BCUT2D eigenvalue weighted by molar-refractivity contribution is -0.385. The first kappa shape index (κ1) is 36.6. The van der Waals surface area contributed by atoms with Gasteiger partial charge in [0.25, 0.3) is 11.6 Å². The molecule has 2 saturated heterocycles. The number of nitro benzene ring substituents is 1. The van der Waals surface area contributed by atoms with Crippen molar-refractivity contribution in [2.75, 3.05) is 99.1 Å². The summed E-state index contributed by atoms with van der Waals surface area (Å²) in [5, 5.41) is 14.8. The van der Waals surface area contributed by atoms with Crippen molar-refractivity contribution < 1.29 is 47.8 Å². The molecule has 1 N–H and O–H groups in total. The predicted octanol–water partition coefficient (Wildman–Crippen LogP) is 0.855. The molecule has 0 aliphatic carbocycles. The third-order valence-corrected chi connectivity index (χ3v) is 7.59. The van der Waals surface area contributed by atoms with Gasteiger partial charge in [0.1, 0.15) is 13.2 Å². The number of nitro groups is 1. The number of hydrogen-bond acceptors (Lipinski definition) is 12. The first-order valence-electron chi connectivity index (χ1n) is 15.5. The van der Waals surface area contributed by atoms with Crippen molar-refractivity contribution in [1.29, 1.82) is 0 Å². The van der Waals surface area contributed by atoms with Gasteiger partial charge in [-0.15, -0.1) is 0 Å². The molecule has 16 nitrogen and oxygen atoms in total. The molecule has 1 aromatic rings. The number of nitrogens with one attached hydrogen (secondary N) is 1. The van der Waals surface area contributed by atoms with Crippen LogP contribution in [0.25, 0.3) is 0 Å². The van der Waals surface area contributed by atoms with E-state index in [4.69, 9.17) is 23.7 Å². The van der Waals surface area contributed by atoms with E-state index in [1.54, 1.807) is 26.8 Å². The maximum atomic E-state index is 13.0. The van der Waals surface area contributed by atoms with Gasteiger partial charge in [0, 0.05) is 89.5 Å². The van der Waals surface area contributed by atoms with E-state index in [9.17, 15) is 29.3 Å². The molecule has 256 valence electrons. The number of carbonyl (C=O) groups excluding carboxylic acids is 4. The largest absolute Gasteiger partial charge is 0.463 e. The maximum Gasteiger partial charge on any atom is 0.409 e. The van der Waals surface area contributed by atoms with Gasteiger partial charge in [0.05, 0.1) is 43.9 Å². The van der Waals surface area contributed by atoms with Gasteiger partial charge in [-0.1, -0.05) is 6.07 Å². The van der Waals surface area contributed by atoms with E-state index < -0.39 is 10.9 Å². The van der Waals surface area contributed by atoms with Crippen LogP contribution in [0, 0.1) is 10.1 Å². The molecule has 16 heteroatoms. The molecule has 3 amide bonds. The Labute approximate surface area is 268 Å². The van der Waals surface area contributed by atoms with Crippen LogP contribution in [0.3, 0.4) is 0 Å². The van der Waals surface area contributed by atoms with Gasteiger partial charge in [-0.25, -0.2) is 4.79 Å². The summed E-state index contributed by atoms with van der Waals surface area (Å²) in [6, 6.07) is 4.45. The van der Waals surface area contributed by atoms with Crippen molar-refractivity contribution in [2.24, 2.45) is 0 Å². The number of amides is 3. The Hall–Kier alpha value is -3.86. The quantitative estimate of drug-likeness (QED) is 0.109. The highest BCUT2D eigenvalue weighted by Crippen LogP contribution is 2.24. The monoisotopic (exact) mass is 651 g/mol. The number of carbonyl (C=O) groups is 4. The molecule has 1 atom stereocenters. The Morgan fingerprint density at radius 2 is 1.46 bits per heavy atom. The number of piperazine rings is 2. The maximum absolute atomic E-state index is 13.0. The lowest BCUT2D eigenvalue weighted by Gasteiger charge is -2.34. The van der Waals surface area contributed by atoms with Crippen LogP contribution in [0.15, 0.2) is 18.2 Å². The van der Waals surface area contributed by atoms with Crippen LogP contribution in [-0.2, 0) is 39.7 Å². The van der Waals surface area contributed by atoms with Crippen molar-refractivity contribution in [3.63, 3.8) is 0 Å². The molecule has 0 spiro atoms. The molecule has 1 unspecified atom stereocenters. The van der Waals surface area contributed by atoms with Gasteiger partial charge >= 0.3 is 12.1 Å². The molecule has 1 aromatic carbocycles. The molecule has 0 saturated carbocycles. The zero-order chi connectivity index (χ0) is 33.3. The highest BCUT2D eigenvalue weighted by molar-refractivity contribution is 5.95. The molecular formula is C30H45N5O11. The van der Waals surface area contributed by atoms with Crippen molar-refractivity contribution in [3.8, 4) is 0 Å². The highest BCUT2D eigenvalue weighted by Gasteiger charge is 2.27. The van der Waals surface area contributed by atoms with Crippen molar-refractivity contribution in [2.45, 2.75) is 32.3 Å². The van der Waals surface area contributed by atoms with E-state index in [0.29, 0.717) is 44.8 Å². The Morgan fingerprint density at radius 3 is 2.09 bits per heavy atom. The third kappa shape index (κ3) is 12.2. The molecule has 2 aliphatic heterocycles. The molecule has 0 bridgehead atoms. The van der Waals surface area contributed by atoms with Crippen LogP contribution in [0.5, 0.6) is 0 Å². The summed E-state index contributed by atoms with van der Waals surface area (Å²) in [5.74, 6) is -1.08. The fourth-order valence-electron chi connectivity index (χ4n) is 4.88. The summed E-state index contributed by atoms with van der Waals surface area (Å²) in [5.41, 5.74) is 0.569. The lowest BCUT2D eigenvalue weighted by Crippen LogP contribution is -2.50. The second kappa shape index (κ2) is 19.6. The molecule has 2 heterocycles. The predicted molar refractivity (Wildman–Crippen MR) is 163 cm³/mol. The van der Waals surface area contributed by atoms with Crippen LogP contribution in [-0.4, -0.2) is 149 Å². The van der Waals surface area contributed by atoms with Crippen molar-refractivity contribution in [1.82, 2.24) is 20.0 Å². The number of esters is 1. The van der Waals surface area contributed by atoms with Gasteiger partial charge in [0.2, 0.25) is 5.91 Å². The van der Waals surface area contributed by atoms with Crippen LogP contribution >= 0.6 is 0 Å². The van der Waals surface area contributed by atoms with E-state index in [-0.39, 0.29) is 94.2 Å². The summed E-state index contributed by atoms with van der Waals surface area (Å²) < 4.78 is 26.2. The molecular weight excluding hydrogens is 606 g/mol. The minimum absolute atomic E-state index is 0.0196. The Bertz CT molecular complexity index is 1170. The lowest BCUT2D eigenvalue weighted by atomic mass is 10.0. The topological polar surface area (TPSA) is 179 Å². The van der Waals surface area contributed by atoms with Gasteiger partial charge in [-0.2, -0.15) is 0 Å². The molecule has 2 aliphatic rings. The average Bonchev–Trinajstić information content (AvgIpc) is 3.08. The van der Waals surface area contributed by atoms with Crippen LogP contribution in [0.2, 0.25) is 0 Å². The Balaban J connectivity index is 1.23. The Morgan fingerprint density at radius 1 is 0.848 bits per heavy atom. The molecule has 3 rings (SSSR count). The summed E-state index contributed by atoms with van der Waals surface area (Å²) >= 11 is 0. The van der Waals surface area contributed by atoms with Gasteiger partial charge in [0.15, 0.2) is 0 Å². The number of nitrogens with zero attached hydrogens (tertiary/aromatic N) is 4. The van der Waals surface area contributed by atoms with E-state index in [0.717, 1.165) is 13.1 Å². The SMILES string of the molecule is COC(C)Cc1ccc(C(=O)N2CCN(C(=O)CCC(=O)OCCOCCOCCOC(=O)N3CCNCC3)CC2)cc1[N+](=O)[O-]. The number of rotatable bonds is 17. The summed E-state index contributed by atoms with van der Waals surface area (Å²) in [6.45, 7) is 6.90. The molecule has 2 fully saturated rings. The minimum Gasteiger partial charge on any atom is -0.463 e. The first-order chi connectivity index (χ1) is 22.2. The number of methoxy groups -OCH3 is 1. The second-order valence-corrected chi connectivity index (χ2v) is 10.8. The van der Waals surface area contributed by atoms with Crippen LogP contribution in [0.4, 0.5) is 10.5 Å². The number of ether oxygens (including phenoxy) is 5. The summed E-state index contributed by atoms with van der Waals surface area (Å²) in [7, 11) is 1.53. The van der Waals surface area contributed by atoms with Crippen LogP contribution < -0.4 is 5.32 Å². The zero-order valence-corrected chi connectivity index (χ0v) is 26.6. The molecule has 0 aromatic heterocycles.